The second-order valence-corrected chi connectivity index (χ2v) is 8.14. The number of rotatable bonds is 5. The van der Waals surface area contributed by atoms with Crippen LogP contribution in [0.5, 0.6) is 0 Å². The molecule has 6 nitrogen and oxygen atoms in total. The lowest BCUT2D eigenvalue weighted by Gasteiger charge is -2.10. The molecule has 5 aromatic rings. The number of amides is 1. The van der Waals surface area contributed by atoms with Crippen molar-refractivity contribution in [2.24, 2.45) is 0 Å². The molecule has 0 saturated carbocycles. The maximum Gasteiger partial charge on any atom is 0.416 e. The van der Waals surface area contributed by atoms with Crippen LogP contribution in [0.1, 0.15) is 31.8 Å². The molecule has 0 bridgehead atoms. The van der Waals surface area contributed by atoms with Gasteiger partial charge in [-0.05, 0) is 60.7 Å². The number of carbonyl (C=O) groups excluding carboxylic acids is 2. The number of carbonyl (C=O) groups is 2. The lowest BCUT2D eigenvalue weighted by atomic mass is 10.0. The number of hydrogen-bond acceptors (Lipinski definition) is 5. The van der Waals surface area contributed by atoms with Crippen LogP contribution in [-0.2, 0) is 6.18 Å². The molecule has 5 rings (SSSR count). The van der Waals surface area contributed by atoms with Crippen LogP contribution in [0.3, 0.4) is 0 Å². The normalized spacial score (nSPS) is 11.3. The summed E-state index contributed by atoms with van der Waals surface area (Å²) in [5, 5.41) is 2.55. The number of anilines is 1. The Morgan fingerprint density at radius 3 is 2.32 bits per heavy atom. The number of hydrogen-bond donors (Lipinski definition) is 1. The van der Waals surface area contributed by atoms with Gasteiger partial charge in [0, 0.05) is 40.3 Å². The van der Waals surface area contributed by atoms with Gasteiger partial charge in [0.1, 0.15) is 0 Å². The standard InChI is InChI=1S/C28H17F3N4O2/c29-28(30,31)21-7-1-5-19(12-21)27(37)34-22-8-2-4-17(13-22)26(36)18-9-10-23-24(14-18)35-25(16-33-23)20-6-3-11-32-15-20/h1-16H,(H,34,37). The molecule has 2 heterocycles. The van der Waals surface area contributed by atoms with E-state index in [0.29, 0.717) is 22.3 Å². The van der Waals surface area contributed by atoms with Gasteiger partial charge in [0.15, 0.2) is 5.78 Å². The highest BCUT2D eigenvalue weighted by Crippen LogP contribution is 2.30. The third-order valence-corrected chi connectivity index (χ3v) is 5.60. The van der Waals surface area contributed by atoms with Gasteiger partial charge in [-0.2, -0.15) is 13.2 Å². The Kier molecular flexibility index (Phi) is 6.19. The van der Waals surface area contributed by atoms with Crippen molar-refractivity contribution in [3.8, 4) is 11.3 Å². The molecule has 0 unspecified atom stereocenters. The smallest absolute Gasteiger partial charge is 0.322 e. The van der Waals surface area contributed by atoms with Crippen molar-refractivity contribution in [1.29, 1.82) is 0 Å². The van der Waals surface area contributed by atoms with E-state index in [-0.39, 0.29) is 22.6 Å². The molecular weight excluding hydrogens is 481 g/mol. The van der Waals surface area contributed by atoms with E-state index in [4.69, 9.17) is 0 Å². The first-order chi connectivity index (χ1) is 17.8. The van der Waals surface area contributed by atoms with E-state index < -0.39 is 17.6 Å². The summed E-state index contributed by atoms with van der Waals surface area (Å²) in [5.74, 6) is -1.04. The van der Waals surface area contributed by atoms with Gasteiger partial charge in [-0.25, -0.2) is 4.98 Å². The van der Waals surface area contributed by atoms with Crippen LogP contribution < -0.4 is 5.32 Å². The molecule has 0 spiro atoms. The molecule has 2 aromatic heterocycles. The first kappa shape index (κ1) is 23.8. The van der Waals surface area contributed by atoms with Crippen LogP contribution in [0.25, 0.3) is 22.3 Å². The van der Waals surface area contributed by atoms with Gasteiger partial charge in [-0.15, -0.1) is 0 Å². The van der Waals surface area contributed by atoms with E-state index in [1.807, 2.05) is 6.07 Å². The number of nitrogens with zero attached hydrogens (tertiary/aromatic N) is 3. The number of alkyl halides is 3. The SMILES string of the molecule is O=C(Nc1cccc(C(=O)c2ccc3ncc(-c4cccnc4)nc3c2)c1)c1cccc(C(F)(F)F)c1. The predicted octanol–water partition coefficient (Wildman–Crippen LogP) is 6.19. The van der Waals surface area contributed by atoms with Gasteiger partial charge >= 0.3 is 6.18 Å². The second-order valence-electron chi connectivity index (χ2n) is 8.14. The van der Waals surface area contributed by atoms with E-state index in [2.05, 4.69) is 20.3 Å². The van der Waals surface area contributed by atoms with Crippen molar-refractivity contribution in [1.82, 2.24) is 15.0 Å². The number of nitrogens with one attached hydrogen (secondary N) is 1. The number of pyridine rings is 1. The van der Waals surface area contributed by atoms with Crippen molar-refractivity contribution in [2.75, 3.05) is 5.32 Å². The highest BCUT2D eigenvalue weighted by molar-refractivity contribution is 6.11. The Morgan fingerprint density at radius 2 is 1.54 bits per heavy atom. The van der Waals surface area contributed by atoms with E-state index in [1.165, 1.54) is 18.2 Å². The minimum atomic E-state index is -4.56. The molecule has 3 aromatic carbocycles. The van der Waals surface area contributed by atoms with Crippen molar-refractivity contribution in [3.05, 3.63) is 120 Å². The molecule has 0 radical (unpaired) electrons. The third-order valence-electron chi connectivity index (χ3n) is 5.60. The minimum Gasteiger partial charge on any atom is -0.322 e. The Morgan fingerprint density at radius 1 is 0.757 bits per heavy atom. The maximum atomic E-state index is 13.2. The van der Waals surface area contributed by atoms with Crippen LogP contribution >= 0.6 is 0 Å². The minimum absolute atomic E-state index is 0.149. The van der Waals surface area contributed by atoms with Gasteiger partial charge in [0.25, 0.3) is 5.91 Å². The summed E-state index contributed by atoms with van der Waals surface area (Å²) in [7, 11) is 0. The average molecular weight is 498 g/mol. The fourth-order valence-corrected chi connectivity index (χ4v) is 3.75. The van der Waals surface area contributed by atoms with Crippen LogP contribution in [-0.4, -0.2) is 26.6 Å². The molecule has 0 fully saturated rings. The zero-order chi connectivity index (χ0) is 26.0. The highest BCUT2D eigenvalue weighted by atomic mass is 19.4. The molecule has 0 atom stereocenters. The zero-order valence-electron chi connectivity index (χ0n) is 19.0. The fourth-order valence-electron chi connectivity index (χ4n) is 3.75. The van der Waals surface area contributed by atoms with Gasteiger partial charge in [0.2, 0.25) is 0 Å². The second kappa shape index (κ2) is 9.62. The lowest BCUT2D eigenvalue weighted by molar-refractivity contribution is -0.137. The lowest BCUT2D eigenvalue weighted by Crippen LogP contribution is -2.14. The highest BCUT2D eigenvalue weighted by Gasteiger charge is 2.30. The predicted molar refractivity (Wildman–Crippen MR) is 132 cm³/mol. The largest absolute Gasteiger partial charge is 0.416 e. The Hall–Kier alpha value is -4.92. The summed E-state index contributed by atoms with van der Waals surface area (Å²) in [5.41, 5.74) is 2.41. The summed E-state index contributed by atoms with van der Waals surface area (Å²) < 4.78 is 39.0. The Labute approximate surface area is 208 Å². The molecule has 1 amide bonds. The van der Waals surface area contributed by atoms with Crippen LogP contribution in [0.2, 0.25) is 0 Å². The summed E-state index contributed by atoms with van der Waals surface area (Å²) in [6, 6.07) is 18.9. The van der Waals surface area contributed by atoms with Crippen molar-refractivity contribution < 1.29 is 22.8 Å². The van der Waals surface area contributed by atoms with Crippen LogP contribution in [0.15, 0.2) is 97.5 Å². The monoisotopic (exact) mass is 498 g/mol. The van der Waals surface area contributed by atoms with Gasteiger partial charge in [-0.3, -0.25) is 19.6 Å². The molecule has 37 heavy (non-hydrogen) atoms. The maximum absolute atomic E-state index is 13.2. The molecule has 182 valence electrons. The van der Waals surface area contributed by atoms with Crippen molar-refractivity contribution >= 4 is 28.4 Å². The first-order valence-corrected chi connectivity index (χ1v) is 11.1. The molecule has 0 saturated heterocycles. The number of ketones is 1. The van der Waals surface area contributed by atoms with E-state index in [0.717, 1.165) is 17.7 Å². The molecule has 0 aliphatic heterocycles. The average Bonchev–Trinajstić information content (AvgIpc) is 2.92. The summed E-state index contributed by atoms with van der Waals surface area (Å²) in [6.07, 6.45) is 0.401. The van der Waals surface area contributed by atoms with Crippen LogP contribution in [0.4, 0.5) is 18.9 Å². The topological polar surface area (TPSA) is 84.8 Å². The molecule has 9 heteroatoms. The van der Waals surface area contributed by atoms with Crippen LogP contribution in [0, 0.1) is 0 Å². The number of halogens is 3. The van der Waals surface area contributed by atoms with Crippen molar-refractivity contribution in [2.45, 2.75) is 6.18 Å². The van der Waals surface area contributed by atoms with Gasteiger partial charge < -0.3 is 5.32 Å². The zero-order valence-corrected chi connectivity index (χ0v) is 19.0. The number of aromatic nitrogens is 3. The van der Waals surface area contributed by atoms with Gasteiger partial charge in [0.05, 0.1) is 28.5 Å². The fraction of sp³-hybridized carbons (Fsp3) is 0.0357. The van der Waals surface area contributed by atoms with E-state index >= 15 is 0 Å². The molecule has 1 N–H and O–H groups in total. The first-order valence-electron chi connectivity index (χ1n) is 11.1. The number of benzene rings is 3. The summed E-state index contributed by atoms with van der Waals surface area (Å²) in [4.78, 5) is 38.9. The molecule has 0 aliphatic carbocycles. The van der Waals surface area contributed by atoms with Gasteiger partial charge in [-0.1, -0.05) is 18.2 Å². The van der Waals surface area contributed by atoms with E-state index in [1.54, 1.807) is 61.1 Å². The summed E-state index contributed by atoms with van der Waals surface area (Å²) in [6.45, 7) is 0. The van der Waals surface area contributed by atoms with Crippen molar-refractivity contribution in [3.63, 3.8) is 0 Å². The Bertz CT molecular complexity index is 1640. The third kappa shape index (κ3) is 5.20. The summed E-state index contributed by atoms with van der Waals surface area (Å²) >= 11 is 0. The van der Waals surface area contributed by atoms with E-state index in [9.17, 15) is 22.8 Å². The number of fused-ring (bicyclic) bond motifs is 1. The quantitative estimate of drug-likeness (QED) is 0.292. The Balaban J connectivity index is 1.39. The molecule has 0 aliphatic rings. The molecular formula is C28H17F3N4O2.